The Kier molecular flexibility index (Phi) is 3.20. The third-order valence-electron chi connectivity index (χ3n) is 1.50. The maximum atomic E-state index is 3.10. The van der Waals surface area contributed by atoms with E-state index in [1.165, 1.54) is 0 Å². The highest BCUT2D eigenvalue weighted by atomic mass is 14.0. The van der Waals surface area contributed by atoms with Gasteiger partial charge in [0, 0.05) is 5.56 Å². The predicted octanol–water partition coefficient (Wildman–Crippen LogP) is 2.92. The molecule has 1 aromatic rings. The Balaban J connectivity index is 2.59. The van der Waals surface area contributed by atoms with Gasteiger partial charge in [-0.1, -0.05) is 50.2 Å². The van der Waals surface area contributed by atoms with Gasteiger partial charge in [0.2, 0.25) is 7.28 Å². The fraction of sp³-hybridized carbons (Fsp3) is 0.333. The highest BCUT2D eigenvalue weighted by Gasteiger charge is 2.09. The van der Waals surface area contributed by atoms with E-state index in [2.05, 4.69) is 32.5 Å². The Morgan fingerprint density at radius 3 is 2.23 bits per heavy atom. The fourth-order valence-corrected chi connectivity index (χ4v) is 0.857. The average Bonchev–Trinajstić information content (AvgIpc) is 2.04. The van der Waals surface area contributed by atoms with E-state index in [1.807, 2.05) is 37.6 Å². The Morgan fingerprint density at radius 1 is 1.08 bits per heavy atom. The van der Waals surface area contributed by atoms with Crippen LogP contribution < -0.4 is 0 Å². The van der Waals surface area contributed by atoms with Gasteiger partial charge in [-0.2, -0.15) is 5.82 Å². The summed E-state index contributed by atoms with van der Waals surface area (Å²) in [6, 6.07) is 10.0. The molecule has 0 aliphatic heterocycles. The number of hydrogen-bond acceptors (Lipinski definition) is 0. The summed E-state index contributed by atoms with van der Waals surface area (Å²) in [4.78, 5) is 0. The molecule has 0 nitrogen and oxygen atoms in total. The van der Waals surface area contributed by atoms with Crippen molar-refractivity contribution in [1.82, 2.24) is 0 Å². The number of benzene rings is 1. The zero-order valence-electron chi connectivity index (χ0n) is 8.46. The molecule has 0 amide bonds. The van der Waals surface area contributed by atoms with E-state index in [0.29, 0.717) is 0 Å². The molecule has 65 valence electrons. The predicted molar refractivity (Wildman–Crippen MR) is 58.8 cm³/mol. The summed E-state index contributed by atoms with van der Waals surface area (Å²) in [6.07, 6.45) is 0. The molecular weight excluding hydrogens is 155 g/mol. The first-order valence-electron chi connectivity index (χ1n) is 4.49. The van der Waals surface area contributed by atoms with Crippen LogP contribution in [0.25, 0.3) is 0 Å². The Labute approximate surface area is 81.6 Å². The third kappa shape index (κ3) is 4.43. The van der Waals surface area contributed by atoms with Gasteiger partial charge in [0.05, 0.1) is 0 Å². The highest BCUT2D eigenvalue weighted by molar-refractivity contribution is 6.49. The van der Waals surface area contributed by atoms with Gasteiger partial charge in [0.25, 0.3) is 0 Å². The summed E-state index contributed by atoms with van der Waals surface area (Å²) in [5.41, 5.74) is 1.07. The smallest absolute Gasteiger partial charge is 0.157 e. The second-order valence-electron chi connectivity index (χ2n) is 4.15. The molecule has 0 heterocycles. The van der Waals surface area contributed by atoms with Crippen LogP contribution in [-0.2, 0) is 0 Å². The lowest BCUT2D eigenvalue weighted by Gasteiger charge is -2.10. The second-order valence-corrected chi connectivity index (χ2v) is 4.15. The van der Waals surface area contributed by atoms with Crippen molar-refractivity contribution in [3.63, 3.8) is 0 Å². The maximum absolute atomic E-state index is 3.10. The molecular formula is C12H14B. The first-order chi connectivity index (χ1) is 6.08. The van der Waals surface area contributed by atoms with Crippen molar-refractivity contribution in [3.05, 3.63) is 35.9 Å². The van der Waals surface area contributed by atoms with E-state index in [0.717, 1.165) is 5.56 Å². The summed E-state index contributed by atoms with van der Waals surface area (Å²) in [5, 5.41) is 0.182. The first-order valence-corrected chi connectivity index (χ1v) is 4.49. The van der Waals surface area contributed by atoms with Crippen LogP contribution in [0.5, 0.6) is 0 Å². The number of rotatable bonds is 0. The van der Waals surface area contributed by atoms with Crippen LogP contribution >= 0.6 is 0 Å². The van der Waals surface area contributed by atoms with Crippen LogP contribution in [0.3, 0.4) is 0 Å². The minimum absolute atomic E-state index is 0.182. The summed E-state index contributed by atoms with van der Waals surface area (Å²) in [6.45, 7) is 6.44. The standard InChI is InChI=1S/C12H14B/c1-12(2,3)13-10-9-11-7-5-4-6-8-11/h4-8H,1-3H3. The molecule has 1 aromatic carbocycles. The lowest BCUT2D eigenvalue weighted by atomic mass is 9.56. The molecule has 0 aliphatic rings. The van der Waals surface area contributed by atoms with Crippen molar-refractivity contribution in [1.29, 1.82) is 0 Å². The summed E-state index contributed by atoms with van der Waals surface area (Å²) in [7, 11) is 2.03. The zero-order chi connectivity index (χ0) is 9.73. The van der Waals surface area contributed by atoms with Crippen molar-refractivity contribution < 1.29 is 0 Å². The van der Waals surface area contributed by atoms with E-state index < -0.39 is 0 Å². The summed E-state index contributed by atoms with van der Waals surface area (Å²) in [5.74, 6) is 6.16. The Bertz CT molecular complexity index is 308. The molecule has 0 fully saturated rings. The first kappa shape index (κ1) is 9.93. The minimum Gasteiger partial charge on any atom is -0.157 e. The molecule has 0 aliphatic carbocycles. The molecule has 13 heavy (non-hydrogen) atoms. The van der Waals surface area contributed by atoms with Crippen LogP contribution in [0, 0.1) is 11.7 Å². The van der Waals surface area contributed by atoms with Gasteiger partial charge in [0.15, 0.2) is 0 Å². The minimum atomic E-state index is 0.182. The van der Waals surface area contributed by atoms with E-state index in [9.17, 15) is 0 Å². The monoisotopic (exact) mass is 169 g/mol. The Morgan fingerprint density at radius 2 is 1.69 bits per heavy atom. The van der Waals surface area contributed by atoms with Gasteiger partial charge in [-0.3, -0.25) is 0 Å². The van der Waals surface area contributed by atoms with Gasteiger partial charge in [0.1, 0.15) is 0 Å². The van der Waals surface area contributed by atoms with Crippen LogP contribution in [0.2, 0.25) is 5.31 Å². The van der Waals surface area contributed by atoms with Gasteiger partial charge in [-0.15, -0.1) is 0 Å². The third-order valence-corrected chi connectivity index (χ3v) is 1.50. The normalized spacial score (nSPS) is 10.1. The molecule has 1 heteroatoms. The van der Waals surface area contributed by atoms with Crippen LogP contribution in [0.15, 0.2) is 30.3 Å². The van der Waals surface area contributed by atoms with E-state index in [-0.39, 0.29) is 5.31 Å². The van der Waals surface area contributed by atoms with Crippen LogP contribution in [-0.4, -0.2) is 7.28 Å². The average molecular weight is 169 g/mol. The molecule has 1 radical (unpaired) electrons. The van der Waals surface area contributed by atoms with Crippen molar-refractivity contribution >= 4 is 7.28 Å². The van der Waals surface area contributed by atoms with Gasteiger partial charge < -0.3 is 0 Å². The quantitative estimate of drug-likeness (QED) is 0.413. The topological polar surface area (TPSA) is 0 Å². The molecule has 0 spiro atoms. The molecule has 0 aromatic heterocycles. The van der Waals surface area contributed by atoms with Crippen molar-refractivity contribution in [2.45, 2.75) is 26.1 Å². The highest BCUT2D eigenvalue weighted by Crippen LogP contribution is 2.18. The fourth-order valence-electron chi connectivity index (χ4n) is 0.857. The van der Waals surface area contributed by atoms with Crippen LogP contribution in [0.1, 0.15) is 26.3 Å². The number of hydrogen-bond donors (Lipinski definition) is 0. The molecule has 0 saturated carbocycles. The van der Waals surface area contributed by atoms with Gasteiger partial charge >= 0.3 is 0 Å². The molecule has 0 unspecified atom stereocenters. The molecule has 0 atom stereocenters. The van der Waals surface area contributed by atoms with Crippen LogP contribution in [0.4, 0.5) is 0 Å². The molecule has 0 N–H and O–H groups in total. The maximum Gasteiger partial charge on any atom is 0.222 e. The van der Waals surface area contributed by atoms with Gasteiger partial charge in [-0.25, -0.2) is 0 Å². The van der Waals surface area contributed by atoms with E-state index >= 15 is 0 Å². The molecule has 0 bridgehead atoms. The van der Waals surface area contributed by atoms with Gasteiger partial charge in [-0.05, 0) is 12.1 Å². The van der Waals surface area contributed by atoms with Crippen molar-refractivity contribution in [2.24, 2.45) is 0 Å². The van der Waals surface area contributed by atoms with E-state index in [1.54, 1.807) is 0 Å². The Hall–Kier alpha value is -1.16. The summed E-state index contributed by atoms with van der Waals surface area (Å²) < 4.78 is 0. The molecule has 1 rings (SSSR count). The van der Waals surface area contributed by atoms with Crippen molar-refractivity contribution in [3.8, 4) is 11.7 Å². The van der Waals surface area contributed by atoms with Crippen molar-refractivity contribution in [2.75, 3.05) is 0 Å². The SMILES string of the molecule is CC(C)(C)[B]C#Cc1ccccc1. The lowest BCUT2D eigenvalue weighted by molar-refractivity contribution is 0.760. The van der Waals surface area contributed by atoms with E-state index in [4.69, 9.17) is 0 Å². The lowest BCUT2D eigenvalue weighted by Crippen LogP contribution is -2.05. The zero-order valence-corrected chi connectivity index (χ0v) is 8.46. The largest absolute Gasteiger partial charge is 0.222 e. The second kappa shape index (κ2) is 4.19. The summed E-state index contributed by atoms with van der Waals surface area (Å²) >= 11 is 0. The molecule has 0 saturated heterocycles.